The minimum Gasteiger partial charge on any atom is -0.383 e. The molecule has 0 saturated carbocycles. The molecular formula is C15H20N2O2. The summed E-state index contributed by atoms with van der Waals surface area (Å²) in [5, 5.41) is 0. The summed E-state index contributed by atoms with van der Waals surface area (Å²) in [4.78, 5) is 15.2. The summed E-state index contributed by atoms with van der Waals surface area (Å²) in [5.41, 5.74) is 8.65. The zero-order chi connectivity index (χ0) is 13.7. The van der Waals surface area contributed by atoms with E-state index in [9.17, 15) is 0 Å². The van der Waals surface area contributed by atoms with E-state index in [1.165, 1.54) is 5.56 Å². The van der Waals surface area contributed by atoms with E-state index in [0.717, 1.165) is 24.0 Å². The van der Waals surface area contributed by atoms with Crippen molar-refractivity contribution in [3.8, 4) is 0 Å². The molecule has 2 aliphatic rings. The molecule has 2 N–H and O–H groups in total. The lowest BCUT2D eigenvalue weighted by Crippen LogP contribution is -2.31. The summed E-state index contributed by atoms with van der Waals surface area (Å²) < 4.78 is 0. The molecule has 1 atom stereocenters. The Morgan fingerprint density at radius 3 is 2.74 bits per heavy atom. The minimum absolute atomic E-state index is 0.0864. The van der Waals surface area contributed by atoms with Gasteiger partial charge in [-0.25, -0.2) is 14.8 Å². The molecule has 0 aliphatic carbocycles. The molecule has 0 radical (unpaired) electrons. The van der Waals surface area contributed by atoms with Crippen LogP contribution in [0.1, 0.15) is 50.3 Å². The summed E-state index contributed by atoms with van der Waals surface area (Å²) >= 11 is 0. The average molecular weight is 260 g/mol. The summed E-state index contributed by atoms with van der Waals surface area (Å²) in [6, 6.07) is 6.32. The zero-order valence-electron chi connectivity index (χ0n) is 11.7. The van der Waals surface area contributed by atoms with Gasteiger partial charge in [0.15, 0.2) is 0 Å². The topological polar surface area (TPSA) is 56.8 Å². The third kappa shape index (κ3) is 1.95. The van der Waals surface area contributed by atoms with Crippen molar-refractivity contribution in [3.63, 3.8) is 0 Å². The van der Waals surface area contributed by atoms with Crippen LogP contribution in [0.5, 0.6) is 0 Å². The molecule has 4 heteroatoms. The Hall–Kier alpha value is -1.39. The van der Waals surface area contributed by atoms with E-state index in [1.54, 1.807) is 0 Å². The van der Waals surface area contributed by atoms with Crippen molar-refractivity contribution in [1.29, 1.82) is 0 Å². The zero-order valence-corrected chi connectivity index (χ0v) is 11.7. The lowest BCUT2D eigenvalue weighted by molar-refractivity contribution is -0.386. The Labute approximate surface area is 113 Å². The van der Waals surface area contributed by atoms with Crippen LogP contribution in [0.2, 0.25) is 0 Å². The number of hydrogen-bond donors (Lipinski definition) is 1. The van der Waals surface area contributed by atoms with Gasteiger partial charge in [0.05, 0.1) is 6.61 Å². The SMILES string of the molecule is CC(C)(C)c1ccc2c(c1)C1(CCCOO1)N=C2N. The van der Waals surface area contributed by atoms with Gasteiger partial charge < -0.3 is 5.73 Å². The number of amidine groups is 1. The molecular weight excluding hydrogens is 240 g/mol. The third-order valence-corrected chi connectivity index (χ3v) is 3.82. The first-order chi connectivity index (χ1) is 8.92. The highest BCUT2D eigenvalue weighted by atomic mass is 17.2. The molecule has 19 heavy (non-hydrogen) atoms. The van der Waals surface area contributed by atoms with Crippen molar-refractivity contribution in [2.24, 2.45) is 10.7 Å². The fraction of sp³-hybridized carbons (Fsp3) is 0.533. The largest absolute Gasteiger partial charge is 0.383 e. The van der Waals surface area contributed by atoms with Crippen LogP contribution < -0.4 is 5.73 Å². The predicted octanol–water partition coefficient (Wildman–Crippen LogP) is 2.60. The van der Waals surface area contributed by atoms with E-state index in [2.05, 4.69) is 37.9 Å². The molecule has 1 fully saturated rings. The number of benzene rings is 1. The number of nitrogens with zero attached hydrogens (tertiary/aromatic N) is 1. The van der Waals surface area contributed by atoms with Crippen molar-refractivity contribution >= 4 is 5.84 Å². The van der Waals surface area contributed by atoms with E-state index < -0.39 is 5.72 Å². The van der Waals surface area contributed by atoms with Crippen molar-refractivity contribution in [1.82, 2.24) is 0 Å². The lowest BCUT2D eigenvalue weighted by Gasteiger charge is -2.31. The highest BCUT2D eigenvalue weighted by molar-refractivity contribution is 6.01. The normalized spacial score (nSPS) is 26.4. The molecule has 1 aromatic rings. The summed E-state index contributed by atoms with van der Waals surface area (Å²) in [7, 11) is 0. The average Bonchev–Trinajstić information content (AvgIpc) is 2.62. The van der Waals surface area contributed by atoms with E-state index in [1.807, 2.05) is 6.07 Å². The summed E-state index contributed by atoms with van der Waals surface area (Å²) in [5.74, 6) is 0.543. The van der Waals surface area contributed by atoms with Crippen LogP contribution in [-0.4, -0.2) is 12.4 Å². The van der Waals surface area contributed by atoms with Gasteiger partial charge in [0.2, 0.25) is 5.72 Å². The highest BCUT2D eigenvalue weighted by Crippen LogP contribution is 2.43. The fourth-order valence-corrected chi connectivity index (χ4v) is 2.68. The van der Waals surface area contributed by atoms with Gasteiger partial charge in [0.25, 0.3) is 0 Å². The number of fused-ring (bicyclic) bond motifs is 2. The predicted molar refractivity (Wildman–Crippen MR) is 73.8 cm³/mol. The molecule has 4 nitrogen and oxygen atoms in total. The summed E-state index contributed by atoms with van der Waals surface area (Å²) in [6.07, 6.45) is 1.74. The number of rotatable bonds is 0. The molecule has 0 amide bonds. The highest BCUT2D eigenvalue weighted by Gasteiger charge is 2.44. The van der Waals surface area contributed by atoms with E-state index in [4.69, 9.17) is 15.5 Å². The molecule has 1 spiro atoms. The molecule has 0 aromatic heterocycles. The maximum absolute atomic E-state index is 6.03. The Morgan fingerprint density at radius 2 is 2.11 bits per heavy atom. The van der Waals surface area contributed by atoms with Gasteiger partial charge in [-0.1, -0.05) is 32.9 Å². The van der Waals surface area contributed by atoms with Gasteiger partial charge in [0.1, 0.15) is 5.84 Å². The second kappa shape index (κ2) is 4.05. The van der Waals surface area contributed by atoms with E-state index in [-0.39, 0.29) is 5.41 Å². The fourth-order valence-electron chi connectivity index (χ4n) is 2.68. The van der Waals surface area contributed by atoms with Crippen molar-refractivity contribution in [3.05, 3.63) is 34.9 Å². The van der Waals surface area contributed by atoms with Crippen LogP contribution in [0.15, 0.2) is 23.2 Å². The van der Waals surface area contributed by atoms with E-state index >= 15 is 0 Å². The monoisotopic (exact) mass is 260 g/mol. The van der Waals surface area contributed by atoms with Crippen LogP contribution in [0.4, 0.5) is 0 Å². The van der Waals surface area contributed by atoms with Crippen LogP contribution in [0.3, 0.4) is 0 Å². The molecule has 2 heterocycles. The number of hydrogen-bond acceptors (Lipinski definition) is 4. The van der Waals surface area contributed by atoms with Crippen molar-refractivity contribution < 1.29 is 9.78 Å². The molecule has 2 aliphatic heterocycles. The van der Waals surface area contributed by atoms with Crippen molar-refractivity contribution in [2.45, 2.75) is 44.8 Å². The first-order valence-electron chi connectivity index (χ1n) is 6.74. The van der Waals surface area contributed by atoms with Gasteiger partial charge in [-0.2, -0.15) is 0 Å². The summed E-state index contributed by atoms with van der Waals surface area (Å²) in [6.45, 7) is 7.20. The Morgan fingerprint density at radius 1 is 1.32 bits per heavy atom. The maximum Gasteiger partial charge on any atom is 0.221 e. The lowest BCUT2D eigenvalue weighted by atomic mass is 9.83. The second-order valence-corrected chi connectivity index (χ2v) is 6.30. The first kappa shape index (κ1) is 12.6. The first-order valence-corrected chi connectivity index (χ1v) is 6.74. The number of aliphatic imine (C=N–C) groups is 1. The van der Waals surface area contributed by atoms with Gasteiger partial charge in [-0.3, -0.25) is 0 Å². The van der Waals surface area contributed by atoms with Crippen LogP contribution in [0, 0.1) is 0 Å². The molecule has 3 rings (SSSR count). The minimum atomic E-state index is -0.723. The third-order valence-electron chi connectivity index (χ3n) is 3.82. The van der Waals surface area contributed by atoms with Gasteiger partial charge in [0, 0.05) is 17.5 Å². The Kier molecular flexibility index (Phi) is 2.69. The standard InChI is InChI=1S/C15H20N2O2/c1-14(2,3)10-5-6-11-12(9-10)15(17-13(11)16)7-4-8-18-19-15/h5-6,9H,4,7-8H2,1-3H3,(H2,16,17). The second-order valence-electron chi connectivity index (χ2n) is 6.30. The molecule has 1 saturated heterocycles. The van der Waals surface area contributed by atoms with Crippen LogP contribution >= 0.6 is 0 Å². The quantitative estimate of drug-likeness (QED) is 0.729. The Balaban J connectivity index is 2.11. The van der Waals surface area contributed by atoms with Crippen LogP contribution in [-0.2, 0) is 20.9 Å². The maximum atomic E-state index is 6.03. The van der Waals surface area contributed by atoms with Gasteiger partial charge >= 0.3 is 0 Å². The van der Waals surface area contributed by atoms with Gasteiger partial charge in [-0.05, 0) is 23.5 Å². The van der Waals surface area contributed by atoms with Gasteiger partial charge in [-0.15, -0.1) is 0 Å². The van der Waals surface area contributed by atoms with E-state index in [0.29, 0.717) is 12.4 Å². The Bertz CT molecular complexity index is 538. The number of nitrogens with two attached hydrogens (primary N) is 1. The molecule has 0 bridgehead atoms. The molecule has 1 aromatic carbocycles. The molecule has 1 unspecified atom stereocenters. The van der Waals surface area contributed by atoms with Crippen molar-refractivity contribution in [2.75, 3.05) is 6.61 Å². The molecule has 102 valence electrons. The smallest absolute Gasteiger partial charge is 0.221 e. The van der Waals surface area contributed by atoms with Crippen LogP contribution in [0.25, 0.3) is 0 Å².